The van der Waals surface area contributed by atoms with Crippen molar-refractivity contribution in [3.05, 3.63) is 29.8 Å². The molecule has 0 radical (unpaired) electrons. The Bertz CT molecular complexity index is 629. The van der Waals surface area contributed by atoms with Crippen LogP contribution >= 0.6 is 11.8 Å². The molecule has 8 heteroatoms. The summed E-state index contributed by atoms with van der Waals surface area (Å²) in [7, 11) is 0. The van der Waals surface area contributed by atoms with Gasteiger partial charge in [0.1, 0.15) is 17.6 Å². The highest BCUT2D eigenvalue weighted by Gasteiger charge is 2.22. The fraction of sp³-hybridized carbons (Fsp3) is 0.412. The Balaban J connectivity index is 2.55. The zero-order valence-corrected chi connectivity index (χ0v) is 15.2. The molecule has 1 aromatic rings. The second-order valence-electron chi connectivity index (χ2n) is 5.19. The predicted octanol–water partition coefficient (Wildman–Crippen LogP) is 2.12. The molecule has 136 valence electrons. The van der Waals surface area contributed by atoms with Crippen LogP contribution in [0.15, 0.2) is 24.3 Å². The summed E-state index contributed by atoms with van der Waals surface area (Å²) in [4.78, 5) is 45.8. The van der Waals surface area contributed by atoms with Gasteiger partial charge in [-0.15, -0.1) is 0 Å². The van der Waals surface area contributed by atoms with E-state index in [2.05, 4.69) is 5.32 Å². The quantitative estimate of drug-likeness (QED) is 0.703. The molecule has 0 fully saturated rings. The number of rotatable bonds is 8. The Morgan fingerprint density at radius 1 is 1.12 bits per heavy atom. The first-order valence-corrected chi connectivity index (χ1v) is 8.67. The Morgan fingerprint density at radius 3 is 2.28 bits per heavy atom. The average molecular weight is 367 g/mol. The zero-order chi connectivity index (χ0) is 18.8. The molecule has 7 nitrogen and oxygen atoms in total. The number of Topliss-reactive ketones (excluding diaryl/α,β-unsaturated/α-hetero) is 1. The number of amides is 1. The van der Waals surface area contributed by atoms with E-state index in [9.17, 15) is 19.2 Å². The van der Waals surface area contributed by atoms with Crippen molar-refractivity contribution in [1.82, 2.24) is 5.32 Å². The lowest BCUT2D eigenvalue weighted by atomic mass is 10.1. The Hall–Kier alpha value is -2.35. The summed E-state index contributed by atoms with van der Waals surface area (Å²) in [5, 5.41) is 1.82. The molecule has 1 unspecified atom stereocenters. The van der Waals surface area contributed by atoms with E-state index in [1.165, 1.54) is 13.8 Å². The van der Waals surface area contributed by atoms with Gasteiger partial charge in [-0.1, -0.05) is 12.1 Å². The normalized spacial score (nSPS) is 11.3. The molecule has 0 aliphatic rings. The van der Waals surface area contributed by atoms with Crippen LogP contribution in [0.2, 0.25) is 0 Å². The van der Waals surface area contributed by atoms with Crippen LogP contribution in [0, 0.1) is 0 Å². The van der Waals surface area contributed by atoms with E-state index in [1.54, 1.807) is 31.2 Å². The molecule has 0 aromatic heterocycles. The molecule has 1 amide bonds. The molecule has 1 aromatic carbocycles. The summed E-state index contributed by atoms with van der Waals surface area (Å²) in [5.41, 5.74) is 0.827. The van der Waals surface area contributed by atoms with Crippen LogP contribution in [0.5, 0.6) is 5.75 Å². The number of nitrogens with one attached hydrogen (secondary N) is 1. The van der Waals surface area contributed by atoms with Crippen LogP contribution in [0.4, 0.5) is 4.79 Å². The highest BCUT2D eigenvalue weighted by Crippen LogP contribution is 2.17. The second-order valence-corrected chi connectivity index (χ2v) is 6.15. The number of benzene rings is 1. The lowest BCUT2D eigenvalue weighted by Gasteiger charge is -2.15. The SMILES string of the molecule is CCOC(=O)C(CSC(=O)Oc1ccc(CC(C)=O)cc1)NC(C)=O. The van der Waals surface area contributed by atoms with Crippen LogP contribution < -0.4 is 10.1 Å². The zero-order valence-electron chi connectivity index (χ0n) is 14.4. The van der Waals surface area contributed by atoms with Gasteiger partial charge in [-0.25, -0.2) is 9.59 Å². The topological polar surface area (TPSA) is 98.8 Å². The Kier molecular flexibility index (Phi) is 8.69. The number of ether oxygens (including phenoxy) is 2. The molecule has 0 saturated heterocycles. The van der Waals surface area contributed by atoms with Crippen molar-refractivity contribution in [2.24, 2.45) is 0 Å². The van der Waals surface area contributed by atoms with E-state index in [0.29, 0.717) is 12.2 Å². The minimum absolute atomic E-state index is 0.000331. The van der Waals surface area contributed by atoms with Crippen molar-refractivity contribution >= 4 is 34.7 Å². The maximum absolute atomic E-state index is 11.9. The van der Waals surface area contributed by atoms with Crippen LogP contribution in [0.3, 0.4) is 0 Å². The third-order valence-corrected chi connectivity index (χ3v) is 3.71. The Morgan fingerprint density at radius 2 is 1.76 bits per heavy atom. The lowest BCUT2D eigenvalue weighted by Crippen LogP contribution is -2.43. The van der Waals surface area contributed by atoms with Gasteiger partial charge in [-0.2, -0.15) is 0 Å². The van der Waals surface area contributed by atoms with Crippen molar-refractivity contribution in [2.75, 3.05) is 12.4 Å². The molecular formula is C17H21NO6S. The van der Waals surface area contributed by atoms with E-state index in [1.807, 2.05) is 0 Å². The number of esters is 1. The van der Waals surface area contributed by atoms with Gasteiger partial charge in [0.05, 0.1) is 6.61 Å². The van der Waals surface area contributed by atoms with Crippen LogP contribution in [0.25, 0.3) is 0 Å². The number of carbonyl (C=O) groups is 4. The summed E-state index contributed by atoms with van der Waals surface area (Å²) in [5.74, 6) is -0.625. The smallest absolute Gasteiger partial charge is 0.372 e. The van der Waals surface area contributed by atoms with Gasteiger partial charge in [0.25, 0.3) is 0 Å². The number of hydrogen-bond donors (Lipinski definition) is 1. The minimum Gasteiger partial charge on any atom is -0.464 e. The number of thioether (sulfide) groups is 1. The van der Waals surface area contributed by atoms with Crippen LogP contribution in [0.1, 0.15) is 26.3 Å². The van der Waals surface area contributed by atoms with E-state index in [0.717, 1.165) is 17.3 Å². The largest absolute Gasteiger partial charge is 0.464 e. The molecule has 0 saturated carbocycles. The highest BCUT2D eigenvalue weighted by molar-refractivity contribution is 8.13. The van der Waals surface area contributed by atoms with E-state index < -0.39 is 23.2 Å². The predicted molar refractivity (Wildman–Crippen MR) is 93.5 cm³/mol. The average Bonchev–Trinajstić information content (AvgIpc) is 2.52. The molecule has 1 atom stereocenters. The number of hydrogen-bond acceptors (Lipinski definition) is 7. The molecule has 25 heavy (non-hydrogen) atoms. The summed E-state index contributed by atoms with van der Waals surface area (Å²) >= 11 is 0.760. The molecule has 0 aliphatic carbocycles. The summed E-state index contributed by atoms with van der Waals surface area (Å²) < 4.78 is 10.00. The maximum Gasteiger partial charge on any atom is 0.372 e. The maximum atomic E-state index is 11.9. The molecule has 0 heterocycles. The molecular weight excluding hydrogens is 346 g/mol. The second kappa shape index (κ2) is 10.5. The highest BCUT2D eigenvalue weighted by atomic mass is 32.2. The van der Waals surface area contributed by atoms with Crippen molar-refractivity contribution in [2.45, 2.75) is 33.2 Å². The van der Waals surface area contributed by atoms with Gasteiger partial charge in [-0.3, -0.25) is 9.59 Å². The van der Waals surface area contributed by atoms with Gasteiger partial charge < -0.3 is 14.8 Å². The van der Waals surface area contributed by atoms with E-state index >= 15 is 0 Å². The number of ketones is 1. The first-order chi connectivity index (χ1) is 11.8. The van der Waals surface area contributed by atoms with Crippen LogP contribution in [-0.4, -0.2) is 41.4 Å². The summed E-state index contributed by atoms with van der Waals surface area (Å²) in [6.07, 6.45) is 0.320. The first kappa shape index (κ1) is 20.7. The standard InChI is InChI=1S/C17H21NO6S/c1-4-23-16(21)15(18-12(3)20)10-25-17(22)24-14-7-5-13(6-8-14)9-11(2)19/h5-8,15H,4,9-10H2,1-3H3,(H,18,20). The molecule has 1 N–H and O–H groups in total. The molecule has 0 aliphatic heterocycles. The summed E-state index contributed by atoms with van der Waals surface area (Å²) in [6, 6.07) is 5.66. The lowest BCUT2D eigenvalue weighted by molar-refractivity contribution is -0.146. The summed E-state index contributed by atoms with van der Waals surface area (Å²) in [6.45, 7) is 4.61. The van der Waals surface area contributed by atoms with Crippen molar-refractivity contribution in [3.63, 3.8) is 0 Å². The molecule has 0 spiro atoms. The Labute approximate surface area is 150 Å². The van der Waals surface area contributed by atoms with Gasteiger partial charge in [0.2, 0.25) is 5.91 Å². The van der Waals surface area contributed by atoms with E-state index in [-0.39, 0.29) is 18.1 Å². The van der Waals surface area contributed by atoms with Gasteiger partial charge in [0, 0.05) is 19.1 Å². The van der Waals surface area contributed by atoms with Crippen LogP contribution in [-0.2, 0) is 25.5 Å². The third-order valence-electron chi connectivity index (χ3n) is 2.89. The molecule has 1 rings (SSSR count). The third kappa shape index (κ3) is 8.35. The molecule has 0 bridgehead atoms. The monoisotopic (exact) mass is 367 g/mol. The van der Waals surface area contributed by atoms with E-state index in [4.69, 9.17) is 9.47 Å². The van der Waals surface area contributed by atoms with Crippen molar-refractivity contribution < 1.29 is 28.7 Å². The fourth-order valence-corrected chi connectivity index (χ4v) is 2.57. The van der Waals surface area contributed by atoms with Crippen molar-refractivity contribution in [1.29, 1.82) is 0 Å². The fourth-order valence-electron chi connectivity index (χ4n) is 1.90. The first-order valence-electron chi connectivity index (χ1n) is 7.68. The van der Waals surface area contributed by atoms with Gasteiger partial charge in [0.15, 0.2) is 0 Å². The van der Waals surface area contributed by atoms with Crippen molar-refractivity contribution in [3.8, 4) is 5.75 Å². The van der Waals surface area contributed by atoms with Gasteiger partial charge >= 0.3 is 11.3 Å². The van der Waals surface area contributed by atoms with Gasteiger partial charge in [-0.05, 0) is 43.3 Å². The minimum atomic E-state index is -0.923. The number of carbonyl (C=O) groups excluding carboxylic acids is 4.